The second kappa shape index (κ2) is 15.2. The molecule has 4 aromatic rings. The van der Waals surface area contributed by atoms with E-state index in [9.17, 15) is 14.7 Å². The molecule has 0 radical (unpaired) electrons. The Kier molecular flexibility index (Phi) is 10.9. The zero-order valence-electron chi connectivity index (χ0n) is 24.8. The average Bonchev–Trinajstić information content (AvgIpc) is 3.62. The summed E-state index contributed by atoms with van der Waals surface area (Å²) < 4.78 is 12.5. The summed E-state index contributed by atoms with van der Waals surface area (Å²) in [6, 6.07) is 21.2. The number of nitrogens with zero attached hydrogens (tertiary/aromatic N) is 3. The van der Waals surface area contributed by atoms with Crippen molar-refractivity contribution in [3.05, 3.63) is 112 Å². The van der Waals surface area contributed by atoms with Gasteiger partial charge in [0.25, 0.3) is 5.91 Å². The zero-order valence-corrected chi connectivity index (χ0v) is 27.2. The minimum absolute atomic E-state index is 0.0604. The van der Waals surface area contributed by atoms with E-state index >= 15 is 0 Å². The van der Waals surface area contributed by atoms with Crippen LogP contribution in [0.5, 0.6) is 11.5 Å². The molecule has 232 valence electrons. The number of aliphatic hydroxyl groups is 1. The Hall–Kier alpha value is -4.12. The van der Waals surface area contributed by atoms with Crippen molar-refractivity contribution in [3.63, 3.8) is 0 Å². The van der Waals surface area contributed by atoms with Crippen molar-refractivity contribution in [2.24, 2.45) is 0 Å². The number of hydrogen-bond acceptors (Lipinski definition) is 9. The van der Waals surface area contributed by atoms with Crippen molar-refractivity contribution in [2.75, 3.05) is 18.1 Å². The molecule has 1 aliphatic heterocycles. The van der Waals surface area contributed by atoms with Gasteiger partial charge in [-0.05, 0) is 54.3 Å². The van der Waals surface area contributed by atoms with Crippen molar-refractivity contribution in [1.82, 2.24) is 10.2 Å². The van der Waals surface area contributed by atoms with Gasteiger partial charge in [-0.3, -0.25) is 14.5 Å². The molecule has 2 heterocycles. The SMILES string of the molecule is CCCCOc1ccc(C2C(C(=O)C=Cc3ccccc3)=C(O)C(=O)N2c2nnc(SCc3ccccc3Cl)s2)cc1OCC. The fourth-order valence-corrected chi connectivity index (χ4v) is 6.87. The minimum atomic E-state index is -0.983. The molecule has 11 heteroatoms. The summed E-state index contributed by atoms with van der Waals surface area (Å²) in [5.41, 5.74) is 2.24. The second-order valence-corrected chi connectivity index (χ2v) is 12.6. The van der Waals surface area contributed by atoms with Gasteiger partial charge >= 0.3 is 0 Å². The molecule has 1 aliphatic rings. The number of ether oxygens (including phenoxy) is 2. The number of aromatic nitrogens is 2. The van der Waals surface area contributed by atoms with E-state index in [1.54, 1.807) is 24.3 Å². The fraction of sp³-hybridized carbons (Fsp3) is 0.235. The number of rotatable bonds is 14. The van der Waals surface area contributed by atoms with Crippen LogP contribution < -0.4 is 14.4 Å². The summed E-state index contributed by atoms with van der Waals surface area (Å²) in [7, 11) is 0. The van der Waals surface area contributed by atoms with Crippen LogP contribution in [0.4, 0.5) is 5.13 Å². The molecule has 0 bridgehead atoms. The minimum Gasteiger partial charge on any atom is -0.503 e. The summed E-state index contributed by atoms with van der Waals surface area (Å²) in [6.45, 7) is 4.86. The Morgan fingerprint density at radius 1 is 1.04 bits per heavy atom. The molecule has 1 atom stereocenters. The lowest BCUT2D eigenvalue weighted by Crippen LogP contribution is -2.31. The van der Waals surface area contributed by atoms with Crippen molar-refractivity contribution < 1.29 is 24.2 Å². The number of ketones is 1. The predicted molar refractivity (Wildman–Crippen MR) is 179 cm³/mol. The van der Waals surface area contributed by atoms with E-state index in [1.165, 1.54) is 34.1 Å². The van der Waals surface area contributed by atoms with Crippen LogP contribution in [0.25, 0.3) is 6.08 Å². The maximum absolute atomic E-state index is 13.7. The quantitative estimate of drug-likeness (QED) is 0.0624. The normalized spacial score (nSPS) is 14.9. The highest BCUT2D eigenvalue weighted by Gasteiger charge is 2.45. The van der Waals surface area contributed by atoms with Gasteiger partial charge in [-0.15, -0.1) is 10.2 Å². The monoisotopic (exact) mass is 661 g/mol. The van der Waals surface area contributed by atoms with E-state index < -0.39 is 23.5 Å². The first-order chi connectivity index (χ1) is 21.9. The highest BCUT2D eigenvalue weighted by atomic mass is 35.5. The van der Waals surface area contributed by atoms with Gasteiger partial charge in [0.05, 0.1) is 24.8 Å². The Morgan fingerprint density at radius 3 is 2.58 bits per heavy atom. The summed E-state index contributed by atoms with van der Waals surface area (Å²) in [4.78, 5) is 28.7. The Labute approximate surface area is 275 Å². The van der Waals surface area contributed by atoms with Crippen molar-refractivity contribution in [1.29, 1.82) is 0 Å². The molecule has 0 aliphatic carbocycles. The fourth-order valence-electron chi connectivity index (χ4n) is 4.72. The predicted octanol–water partition coefficient (Wildman–Crippen LogP) is 8.24. The molecule has 0 spiro atoms. The molecule has 0 saturated carbocycles. The molecular formula is C34H32ClN3O5S2. The van der Waals surface area contributed by atoms with Crippen LogP contribution in [-0.4, -0.2) is 40.2 Å². The van der Waals surface area contributed by atoms with E-state index in [-0.39, 0.29) is 10.7 Å². The highest BCUT2D eigenvalue weighted by molar-refractivity contribution is 8.00. The number of carbonyl (C=O) groups is 2. The molecule has 0 fully saturated rings. The van der Waals surface area contributed by atoms with E-state index in [0.29, 0.717) is 45.4 Å². The van der Waals surface area contributed by atoms with Crippen LogP contribution in [0.3, 0.4) is 0 Å². The van der Waals surface area contributed by atoms with Gasteiger partial charge in [0.2, 0.25) is 5.13 Å². The number of carbonyl (C=O) groups excluding carboxylic acids is 2. The van der Waals surface area contributed by atoms with E-state index in [2.05, 4.69) is 17.1 Å². The van der Waals surface area contributed by atoms with Gasteiger partial charge in [-0.2, -0.15) is 0 Å². The van der Waals surface area contributed by atoms with Crippen molar-refractivity contribution in [3.8, 4) is 11.5 Å². The number of hydrogen-bond donors (Lipinski definition) is 1. The van der Waals surface area contributed by atoms with Gasteiger partial charge in [0, 0.05) is 10.8 Å². The van der Waals surface area contributed by atoms with Crippen LogP contribution in [0.2, 0.25) is 5.02 Å². The maximum Gasteiger partial charge on any atom is 0.296 e. The van der Waals surface area contributed by atoms with Crippen molar-refractivity contribution in [2.45, 2.75) is 42.8 Å². The number of allylic oxidation sites excluding steroid dienone is 1. The Bertz CT molecular complexity index is 1720. The lowest BCUT2D eigenvalue weighted by atomic mass is 9.95. The van der Waals surface area contributed by atoms with Gasteiger partial charge < -0.3 is 14.6 Å². The molecular weight excluding hydrogens is 630 g/mol. The zero-order chi connectivity index (χ0) is 31.8. The van der Waals surface area contributed by atoms with Crippen molar-refractivity contribution >= 4 is 57.6 Å². The van der Waals surface area contributed by atoms with Gasteiger partial charge in [-0.25, -0.2) is 0 Å². The number of anilines is 1. The largest absolute Gasteiger partial charge is 0.503 e. The summed E-state index contributed by atoms with van der Waals surface area (Å²) >= 11 is 8.95. The summed E-state index contributed by atoms with van der Waals surface area (Å²) in [5.74, 6) is -0.286. The molecule has 3 aromatic carbocycles. The van der Waals surface area contributed by atoms with Crippen LogP contribution in [0.1, 0.15) is 49.4 Å². The van der Waals surface area contributed by atoms with Crippen LogP contribution >= 0.6 is 34.7 Å². The molecule has 1 unspecified atom stereocenters. The Balaban J connectivity index is 1.51. The summed E-state index contributed by atoms with van der Waals surface area (Å²) in [5, 5.41) is 20.7. The van der Waals surface area contributed by atoms with Crippen LogP contribution in [-0.2, 0) is 15.3 Å². The highest BCUT2D eigenvalue weighted by Crippen LogP contribution is 2.45. The lowest BCUT2D eigenvalue weighted by molar-refractivity contribution is -0.117. The first-order valence-electron chi connectivity index (χ1n) is 14.5. The number of unbranched alkanes of at least 4 members (excludes halogenated alkanes) is 1. The number of aliphatic hydroxyl groups excluding tert-OH is 1. The van der Waals surface area contributed by atoms with E-state index in [4.69, 9.17) is 21.1 Å². The molecule has 45 heavy (non-hydrogen) atoms. The topological polar surface area (TPSA) is 102 Å². The van der Waals surface area contributed by atoms with E-state index in [0.717, 1.165) is 24.0 Å². The molecule has 1 N–H and O–H groups in total. The molecule has 8 nitrogen and oxygen atoms in total. The first kappa shape index (κ1) is 32.3. The van der Waals surface area contributed by atoms with E-state index in [1.807, 2.05) is 61.5 Å². The third-order valence-electron chi connectivity index (χ3n) is 6.95. The molecule has 1 aromatic heterocycles. The second-order valence-electron chi connectivity index (χ2n) is 10.0. The number of benzene rings is 3. The van der Waals surface area contributed by atoms with Gasteiger partial charge in [0.1, 0.15) is 0 Å². The summed E-state index contributed by atoms with van der Waals surface area (Å²) in [6.07, 6.45) is 4.88. The first-order valence-corrected chi connectivity index (χ1v) is 16.7. The maximum atomic E-state index is 13.7. The van der Waals surface area contributed by atoms with Crippen LogP contribution in [0.15, 0.2) is 94.5 Å². The molecule has 0 saturated heterocycles. The van der Waals surface area contributed by atoms with Crippen LogP contribution in [0, 0.1) is 0 Å². The third-order valence-corrected chi connectivity index (χ3v) is 9.42. The van der Waals surface area contributed by atoms with Gasteiger partial charge in [-0.1, -0.05) is 109 Å². The third kappa shape index (κ3) is 7.58. The smallest absolute Gasteiger partial charge is 0.296 e. The lowest BCUT2D eigenvalue weighted by Gasteiger charge is -2.24. The number of amides is 1. The number of thioether (sulfide) groups is 1. The standard InChI is InChI=1S/C34H32ClN3O5S2/c1-3-5-19-43-27-18-16-23(20-28(27)42-4-2)30-29(26(39)17-15-22-11-7-6-8-12-22)31(40)32(41)38(30)33-36-37-34(45-33)44-21-24-13-9-10-14-25(24)35/h6-18,20,30,40H,3-5,19,21H2,1-2H3. The Morgan fingerprint density at radius 2 is 1.82 bits per heavy atom. The van der Waals surface area contributed by atoms with Gasteiger partial charge in [0.15, 0.2) is 27.4 Å². The average molecular weight is 662 g/mol. The molecule has 1 amide bonds. The number of halogens is 1. The molecule has 5 rings (SSSR count).